The van der Waals surface area contributed by atoms with E-state index in [9.17, 15) is 8.78 Å². The van der Waals surface area contributed by atoms with Gasteiger partial charge in [0.1, 0.15) is 11.6 Å². The smallest absolute Gasteiger partial charge is 0.146 e. The molecule has 1 aromatic heterocycles. The fourth-order valence-corrected chi connectivity index (χ4v) is 2.71. The number of aryl methyl sites for hydroxylation is 3. The number of rotatable bonds is 4. The van der Waals surface area contributed by atoms with E-state index in [0.717, 1.165) is 23.5 Å². The van der Waals surface area contributed by atoms with Crippen molar-refractivity contribution in [3.63, 3.8) is 0 Å². The minimum Gasteiger partial charge on any atom is -0.376 e. The second-order valence-corrected chi connectivity index (χ2v) is 5.35. The Bertz CT molecular complexity index is 662. The molecule has 0 spiro atoms. The topological polar surface area (TPSA) is 29.9 Å². The Morgan fingerprint density at radius 3 is 2.43 bits per heavy atom. The lowest BCUT2D eigenvalue weighted by atomic mass is 10.1. The maximum atomic E-state index is 13.9. The van der Waals surface area contributed by atoms with Crippen molar-refractivity contribution in [2.45, 2.75) is 47.2 Å². The fourth-order valence-electron chi connectivity index (χ4n) is 2.71. The molecule has 1 aromatic carbocycles. The van der Waals surface area contributed by atoms with Gasteiger partial charge in [0.2, 0.25) is 0 Å². The molecular formula is C16H21F2N3. The summed E-state index contributed by atoms with van der Waals surface area (Å²) in [4.78, 5) is 0. The highest BCUT2D eigenvalue weighted by Crippen LogP contribution is 2.27. The van der Waals surface area contributed by atoms with Crippen LogP contribution in [0.3, 0.4) is 0 Å². The van der Waals surface area contributed by atoms with Gasteiger partial charge >= 0.3 is 0 Å². The zero-order chi connectivity index (χ0) is 15.7. The first-order valence-corrected chi connectivity index (χ1v) is 7.11. The van der Waals surface area contributed by atoms with Crippen molar-refractivity contribution in [2.75, 3.05) is 5.32 Å². The van der Waals surface area contributed by atoms with Crippen molar-refractivity contribution in [3.05, 3.63) is 46.3 Å². The van der Waals surface area contributed by atoms with Crippen LogP contribution in [0.4, 0.5) is 14.5 Å². The summed E-state index contributed by atoms with van der Waals surface area (Å²) in [5, 5.41) is 7.50. The van der Waals surface area contributed by atoms with Crippen LogP contribution in [0.2, 0.25) is 0 Å². The van der Waals surface area contributed by atoms with Gasteiger partial charge in [-0.2, -0.15) is 5.10 Å². The monoisotopic (exact) mass is 293 g/mol. The second kappa shape index (κ2) is 5.84. The summed E-state index contributed by atoms with van der Waals surface area (Å²) in [5.74, 6) is -0.859. The van der Waals surface area contributed by atoms with Crippen LogP contribution in [0.25, 0.3) is 0 Å². The van der Waals surface area contributed by atoms with Crippen molar-refractivity contribution < 1.29 is 8.78 Å². The van der Waals surface area contributed by atoms with Crippen molar-refractivity contribution in [1.82, 2.24) is 9.78 Å². The fraction of sp³-hybridized carbons (Fsp3) is 0.438. The molecule has 0 fully saturated rings. The summed E-state index contributed by atoms with van der Waals surface area (Å²) in [6.45, 7) is 10.2. The minimum atomic E-state index is -0.445. The van der Waals surface area contributed by atoms with Gasteiger partial charge in [0, 0.05) is 23.9 Å². The highest BCUT2D eigenvalue weighted by atomic mass is 19.1. The van der Waals surface area contributed by atoms with E-state index in [4.69, 9.17) is 0 Å². The number of nitrogens with zero attached hydrogens (tertiary/aromatic N) is 2. The maximum absolute atomic E-state index is 13.9. The summed E-state index contributed by atoms with van der Waals surface area (Å²) >= 11 is 0. The van der Waals surface area contributed by atoms with Gasteiger partial charge in [0.05, 0.1) is 17.4 Å². The van der Waals surface area contributed by atoms with E-state index < -0.39 is 11.6 Å². The third-order valence-corrected chi connectivity index (χ3v) is 3.79. The van der Waals surface area contributed by atoms with Gasteiger partial charge in [0.15, 0.2) is 0 Å². The number of anilines is 1. The molecule has 0 aliphatic heterocycles. The van der Waals surface area contributed by atoms with Gasteiger partial charge in [-0.15, -0.1) is 0 Å². The molecule has 1 N–H and O–H groups in total. The van der Waals surface area contributed by atoms with E-state index in [1.54, 1.807) is 6.92 Å². The summed E-state index contributed by atoms with van der Waals surface area (Å²) in [6.07, 6.45) is 0. The summed E-state index contributed by atoms with van der Waals surface area (Å²) in [7, 11) is 0. The first kappa shape index (κ1) is 15.5. The molecular weight excluding hydrogens is 272 g/mol. The molecule has 0 saturated carbocycles. The minimum absolute atomic E-state index is 0.151. The average molecular weight is 293 g/mol. The molecule has 2 aromatic rings. The van der Waals surface area contributed by atoms with Crippen molar-refractivity contribution >= 4 is 5.69 Å². The predicted octanol–water partition coefficient (Wildman–Crippen LogP) is 4.28. The normalized spacial score (nSPS) is 12.5. The zero-order valence-electron chi connectivity index (χ0n) is 13.1. The van der Waals surface area contributed by atoms with E-state index in [0.29, 0.717) is 5.56 Å². The van der Waals surface area contributed by atoms with Gasteiger partial charge < -0.3 is 5.32 Å². The largest absolute Gasteiger partial charge is 0.376 e. The van der Waals surface area contributed by atoms with Crippen molar-refractivity contribution in [3.8, 4) is 0 Å². The van der Waals surface area contributed by atoms with Gasteiger partial charge in [0.25, 0.3) is 0 Å². The third-order valence-electron chi connectivity index (χ3n) is 3.79. The molecule has 1 unspecified atom stereocenters. The molecule has 3 nitrogen and oxygen atoms in total. The highest BCUT2D eigenvalue weighted by Gasteiger charge is 2.18. The van der Waals surface area contributed by atoms with Crippen LogP contribution < -0.4 is 5.32 Å². The number of benzene rings is 1. The summed E-state index contributed by atoms with van der Waals surface area (Å²) in [5.41, 5.74) is 3.45. The average Bonchev–Trinajstić information content (AvgIpc) is 2.70. The molecule has 0 bridgehead atoms. The molecule has 1 heterocycles. The molecule has 2 rings (SSSR count). The van der Waals surface area contributed by atoms with Gasteiger partial charge in [-0.3, -0.25) is 4.68 Å². The third kappa shape index (κ3) is 2.91. The van der Waals surface area contributed by atoms with Gasteiger partial charge in [-0.05, 0) is 46.2 Å². The molecule has 1 atom stereocenters. The van der Waals surface area contributed by atoms with Crippen LogP contribution in [-0.2, 0) is 6.54 Å². The number of hydrogen-bond acceptors (Lipinski definition) is 2. The number of hydrogen-bond donors (Lipinski definition) is 1. The first-order chi connectivity index (χ1) is 9.85. The predicted molar refractivity (Wildman–Crippen MR) is 80.5 cm³/mol. The maximum Gasteiger partial charge on any atom is 0.146 e. The molecule has 0 amide bonds. The Morgan fingerprint density at radius 2 is 1.86 bits per heavy atom. The lowest BCUT2D eigenvalue weighted by Crippen LogP contribution is -2.11. The van der Waals surface area contributed by atoms with Crippen molar-refractivity contribution in [1.29, 1.82) is 0 Å². The van der Waals surface area contributed by atoms with E-state index in [1.165, 1.54) is 12.1 Å². The standard InChI is InChI=1S/C16H21F2N3/c1-6-21-12(5)16(11(4)20-21)10(3)19-15-8-13(17)9(2)7-14(15)18/h7-8,10,19H,6H2,1-5H3. The molecule has 5 heteroatoms. The molecule has 0 aliphatic rings. The van der Waals surface area contributed by atoms with Gasteiger partial charge in [-0.25, -0.2) is 8.78 Å². The Labute approximate surface area is 124 Å². The molecule has 21 heavy (non-hydrogen) atoms. The van der Waals surface area contributed by atoms with Crippen LogP contribution in [0.5, 0.6) is 0 Å². The number of halogens is 2. The quantitative estimate of drug-likeness (QED) is 0.912. The number of nitrogens with one attached hydrogen (secondary N) is 1. The Kier molecular flexibility index (Phi) is 4.30. The Balaban J connectivity index is 2.32. The Morgan fingerprint density at radius 1 is 1.19 bits per heavy atom. The Hall–Kier alpha value is -1.91. The SMILES string of the molecule is CCn1nc(C)c(C(C)Nc2cc(F)c(C)cc2F)c1C. The van der Waals surface area contributed by atoms with Crippen molar-refractivity contribution in [2.24, 2.45) is 0 Å². The van der Waals surface area contributed by atoms with E-state index in [2.05, 4.69) is 10.4 Å². The summed E-state index contributed by atoms with van der Waals surface area (Å²) in [6, 6.07) is 2.26. The lowest BCUT2D eigenvalue weighted by molar-refractivity contribution is 0.592. The van der Waals surface area contributed by atoms with Crippen LogP contribution in [0.1, 0.15) is 42.4 Å². The van der Waals surface area contributed by atoms with Crippen LogP contribution in [0, 0.1) is 32.4 Å². The molecule has 0 aliphatic carbocycles. The van der Waals surface area contributed by atoms with Gasteiger partial charge in [-0.1, -0.05) is 0 Å². The molecule has 0 radical (unpaired) electrons. The highest BCUT2D eigenvalue weighted by molar-refractivity contribution is 5.49. The molecule has 0 saturated heterocycles. The zero-order valence-corrected chi connectivity index (χ0v) is 13.1. The van der Waals surface area contributed by atoms with E-state index in [-0.39, 0.29) is 11.7 Å². The second-order valence-electron chi connectivity index (χ2n) is 5.35. The lowest BCUT2D eigenvalue weighted by Gasteiger charge is -2.17. The first-order valence-electron chi connectivity index (χ1n) is 7.11. The number of aromatic nitrogens is 2. The van der Waals surface area contributed by atoms with Crippen LogP contribution in [-0.4, -0.2) is 9.78 Å². The van der Waals surface area contributed by atoms with Crippen LogP contribution >= 0.6 is 0 Å². The molecule has 114 valence electrons. The van der Waals surface area contributed by atoms with E-state index in [1.807, 2.05) is 32.4 Å². The van der Waals surface area contributed by atoms with Crippen LogP contribution in [0.15, 0.2) is 12.1 Å². The van der Waals surface area contributed by atoms with E-state index >= 15 is 0 Å². The summed E-state index contributed by atoms with van der Waals surface area (Å²) < 4.78 is 29.4.